The molecule has 12 nitrogen and oxygen atoms in total. The molecule has 0 spiro atoms. The Hall–Kier alpha value is -5.01. The van der Waals surface area contributed by atoms with E-state index in [2.05, 4.69) is 64.9 Å². The minimum absolute atomic E-state index is 0.0178. The molecule has 12 heteroatoms. The molecule has 1 aliphatic heterocycles. The second-order valence-corrected chi connectivity index (χ2v) is 17.7. The minimum Gasteiger partial charge on any atom is -0.463 e. The number of ether oxygens (including phenoxy) is 2. The monoisotopic (exact) mass is 816 g/mol. The number of allylic oxidation sites excluding steroid dienone is 4. The number of aromatic nitrogens is 2. The molecule has 6 N–H and O–H groups in total. The number of aliphatic hydroxyl groups excluding tert-OH is 1. The Labute approximate surface area is 353 Å². The van der Waals surface area contributed by atoms with Crippen LogP contribution in [0.5, 0.6) is 0 Å². The fraction of sp³-hybridized carbons (Fsp3) is 0.479. The number of nitrogens with one attached hydrogen (secondary N) is 3. The Bertz CT molecular complexity index is 2200. The van der Waals surface area contributed by atoms with E-state index >= 15 is 9.59 Å². The molecule has 2 aromatic heterocycles. The molecule has 5 atom stereocenters. The van der Waals surface area contributed by atoms with Gasteiger partial charge in [-0.1, -0.05) is 68.8 Å². The van der Waals surface area contributed by atoms with Crippen LogP contribution in [0.1, 0.15) is 97.2 Å². The van der Waals surface area contributed by atoms with Crippen LogP contribution in [0.15, 0.2) is 89.8 Å². The van der Waals surface area contributed by atoms with Crippen molar-refractivity contribution in [3.05, 3.63) is 118 Å². The zero-order chi connectivity index (χ0) is 42.7. The summed E-state index contributed by atoms with van der Waals surface area (Å²) in [5, 5.41) is 20.7. The molecule has 0 bridgehead atoms. The molecule has 0 amide bonds. The number of benzene rings is 1. The Kier molecular flexibility index (Phi) is 12.9. The number of Topliss-reactive ketones (excluding diaryl/α,β-unsaturated/α-hetero) is 2. The van der Waals surface area contributed by atoms with E-state index in [1.807, 2.05) is 38.2 Å². The van der Waals surface area contributed by atoms with E-state index < -0.39 is 28.7 Å². The summed E-state index contributed by atoms with van der Waals surface area (Å²) in [5.41, 5.74) is 7.26. The largest absolute Gasteiger partial charge is 0.463 e. The van der Waals surface area contributed by atoms with Crippen molar-refractivity contribution in [1.29, 1.82) is 0 Å². The first-order valence-corrected chi connectivity index (χ1v) is 21.4. The van der Waals surface area contributed by atoms with Gasteiger partial charge in [0.1, 0.15) is 11.6 Å². The maximum absolute atomic E-state index is 15.2. The number of fused-ring (bicyclic) bond motifs is 3. The number of nitrogens with zero attached hydrogens (tertiary/aromatic N) is 2. The standard InChI is InChI=1S/C48H60N6O6/c1-6-51-39-22-34-11-8-7-10-33(34)21-36(39)28-59-45(58)48-44(57)42-35(24-46(3,4)23-32-16-17-40(49)53-26-32)12-9-13-38(42)43(56)47(48,60-48)25-37(27-55)30(2)14-15-31-18-19-52-41(20-31)54-29-50-5/h8-9,11-13,16-20,22,26,33,36,39,50-51,55H,6-7,10,14-15,21,23-25,27-29H2,1-5H3,(H2,49,53)(H,52,54). The lowest BCUT2D eigenvalue weighted by Crippen LogP contribution is -2.52. The molecule has 1 fully saturated rings. The molecule has 3 aliphatic carbocycles. The quantitative estimate of drug-likeness (QED) is 0.0327. The Balaban J connectivity index is 1.20. The molecule has 1 aromatic carbocycles. The van der Waals surface area contributed by atoms with Gasteiger partial charge in [-0.3, -0.25) is 9.59 Å². The molecular formula is C48H60N6O6. The third-order valence-corrected chi connectivity index (χ3v) is 12.8. The summed E-state index contributed by atoms with van der Waals surface area (Å²) in [5.74, 6) is -0.354. The molecule has 7 rings (SSSR count). The molecule has 60 heavy (non-hydrogen) atoms. The van der Waals surface area contributed by atoms with Gasteiger partial charge >= 0.3 is 5.97 Å². The van der Waals surface area contributed by atoms with E-state index in [1.165, 1.54) is 5.57 Å². The maximum atomic E-state index is 15.2. The number of hydrogen-bond donors (Lipinski definition) is 5. The number of nitrogens with two attached hydrogens (primary N) is 1. The van der Waals surface area contributed by atoms with Crippen LogP contribution in [0, 0.1) is 17.3 Å². The number of rotatable bonds is 18. The van der Waals surface area contributed by atoms with Crippen LogP contribution < -0.4 is 21.7 Å². The highest BCUT2D eigenvalue weighted by atomic mass is 16.7. The number of carbonyl (C=O) groups excluding carboxylic acids is 3. The smallest absolute Gasteiger partial charge is 0.350 e. The minimum atomic E-state index is -2.19. The van der Waals surface area contributed by atoms with Gasteiger partial charge in [0, 0.05) is 41.9 Å². The van der Waals surface area contributed by atoms with Crippen molar-refractivity contribution in [3.63, 3.8) is 0 Å². The summed E-state index contributed by atoms with van der Waals surface area (Å²) in [7, 11) is 1.85. The normalized spacial score (nSPS) is 24.8. The van der Waals surface area contributed by atoms with Crippen molar-refractivity contribution >= 4 is 29.2 Å². The van der Waals surface area contributed by atoms with E-state index in [4.69, 9.17) is 15.2 Å². The molecule has 5 unspecified atom stereocenters. The number of esters is 1. The fourth-order valence-corrected chi connectivity index (χ4v) is 9.58. The van der Waals surface area contributed by atoms with Crippen LogP contribution in [-0.4, -0.2) is 83.3 Å². The third-order valence-electron chi connectivity index (χ3n) is 12.8. The summed E-state index contributed by atoms with van der Waals surface area (Å²) >= 11 is 0. The van der Waals surface area contributed by atoms with Crippen molar-refractivity contribution in [2.75, 3.05) is 44.5 Å². The molecule has 318 valence electrons. The lowest BCUT2D eigenvalue weighted by Gasteiger charge is -2.36. The molecule has 0 radical (unpaired) electrons. The molecule has 3 heterocycles. The number of hydrogen-bond acceptors (Lipinski definition) is 12. The zero-order valence-electron chi connectivity index (χ0n) is 35.6. The van der Waals surface area contributed by atoms with Crippen LogP contribution in [0.3, 0.4) is 0 Å². The highest BCUT2D eigenvalue weighted by Gasteiger charge is 2.85. The van der Waals surface area contributed by atoms with E-state index in [1.54, 1.807) is 30.6 Å². The lowest BCUT2D eigenvalue weighted by atomic mass is 9.68. The van der Waals surface area contributed by atoms with Crippen molar-refractivity contribution in [2.24, 2.45) is 17.3 Å². The van der Waals surface area contributed by atoms with Crippen molar-refractivity contribution in [2.45, 2.75) is 96.3 Å². The molecule has 1 saturated heterocycles. The van der Waals surface area contributed by atoms with Crippen LogP contribution in [-0.2, 0) is 33.5 Å². The molecule has 0 saturated carbocycles. The third kappa shape index (κ3) is 8.61. The second-order valence-electron chi connectivity index (χ2n) is 17.7. The van der Waals surface area contributed by atoms with E-state index in [0.717, 1.165) is 48.3 Å². The molecule has 3 aromatic rings. The highest BCUT2D eigenvalue weighted by Crippen LogP contribution is 2.60. The highest BCUT2D eigenvalue weighted by molar-refractivity contribution is 6.33. The number of aliphatic hydroxyl groups is 1. The van der Waals surface area contributed by atoms with Gasteiger partial charge in [0.15, 0.2) is 11.4 Å². The number of anilines is 2. The summed E-state index contributed by atoms with van der Waals surface area (Å²) in [4.78, 5) is 53.6. The number of nitrogen functional groups attached to an aromatic ring is 1. The predicted molar refractivity (Wildman–Crippen MR) is 232 cm³/mol. The van der Waals surface area contributed by atoms with Crippen LogP contribution >= 0.6 is 0 Å². The Morgan fingerprint density at radius 2 is 1.93 bits per heavy atom. The van der Waals surface area contributed by atoms with Crippen LogP contribution in [0.2, 0.25) is 0 Å². The van der Waals surface area contributed by atoms with E-state index in [-0.39, 0.29) is 48.1 Å². The van der Waals surface area contributed by atoms with Crippen molar-refractivity contribution in [1.82, 2.24) is 20.6 Å². The second kappa shape index (κ2) is 17.9. The number of ketones is 2. The summed E-state index contributed by atoms with van der Waals surface area (Å²) < 4.78 is 12.6. The summed E-state index contributed by atoms with van der Waals surface area (Å²) in [6.07, 6.45) is 15.2. The average molecular weight is 817 g/mol. The average Bonchev–Trinajstić information content (AvgIpc) is 3.94. The van der Waals surface area contributed by atoms with Gasteiger partial charge in [-0.25, -0.2) is 14.8 Å². The van der Waals surface area contributed by atoms with E-state index in [0.29, 0.717) is 55.2 Å². The Morgan fingerprint density at radius 3 is 2.68 bits per heavy atom. The van der Waals surface area contributed by atoms with Gasteiger partial charge in [0.25, 0.3) is 5.60 Å². The predicted octanol–water partition coefficient (Wildman–Crippen LogP) is 6.11. The van der Waals surface area contributed by atoms with Crippen LogP contribution in [0.25, 0.3) is 0 Å². The first kappa shape index (κ1) is 43.1. The molecular weight excluding hydrogens is 757 g/mol. The summed E-state index contributed by atoms with van der Waals surface area (Å²) in [6.45, 7) is 9.17. The summed E-state index contributed by atoms with van der Waals surface area (Å²) in [6, 6.07) is 12.9. The maximum Gasteiger partial charge on any atom is 0.350 e. The number of pyridine rings is 2. The topological polar surface area (TPSA) is 181 Å². The first-order valence-electron chi connectivity index (χ1n) is 21.4. The van der Waals surface area contributed by atoms with Gasteiger partial charge in [-0.2, -0.15) is 0 Å². The molecule has 4 aliphatic rings. The lowest BCUT2D eigenvalue weighted by molar-refractivity contribution is -0.150. The van der Waals surface area contributed by atoms with E-state index in [9.17, 15) is 9.90 Å². The number of carbonyl (C=O) groups is 3. The van der Waals surface area contributed by atoms with Gasteiger partial charge < -0.3 is 36.3 Å². The number of likely N-dealkylation sites (N-methyl/N-ethyl adjacent to an activating group) is 1. The fourth-order valence-electron chi connectivity index (χ4n) is 9.58. The Morgan fingerprint density at radius 1 is 1.10 bits per heavy atom. The van der Waals surface area contributed by atoms with Gasteiger partial charge in [-0.05, 0) is 123 Å². The zero-order valence-corrected chi connectivity index (χ0v) is 35.6. The first-order chi connectivity index (χ1) is 28.8. The van der Waals surface area contributed by atoms with Gasteiger partial charge in [-0.15, -0.1) is 0 Å². The van der Waals surface area contributed by atoms with Crippen molar-refractivity contribution in [3.8, 4) is 0 Å². The number of epoxide rings is 1. The van der Waals surface area contributed by atoms with Crippen LogP contribution in [0.4, 0.5) is 11.6 Å². The van der Waals surface area contributed by atoms with Crippen molar-refractivity contribution < 1.29 is 29.0 Å². The number of aryl methyl sites for hydroxylation is 1. The van der Waals surface area contributed by atoms with Gasteiger partial charge in [0.05, 0.1) is 19.9 Å². The van der Waals surface area contributed by atoms with Gasteiger partial charge in [0.2, 0.25) is 5.78 Å². The SMILES string of the molecule is CCNC1C=C2C=CCCC2CC1COC(=O)C12OC1(CC(CO)=C(C)CCc1ccnc(NCNC)c1)C(=O)c1cccc(CC(C)(C)Cc3ccc(N)nc3)c1C2=O.